The lowest BCUT2D eigenvalue weighted by Gasteiger charge is -2.20. The molecule has 1 aliphatic rings. The third-order valence-corrected chi connectivity index (χ3v) is 3.20. The molecule has 0 bridgehead atoms. The SMILES string of the molecule is Cc1cc(I)cc2c1C(C)(C)OC2. The smallest absolute Gasteiger partial charge is 0.0885 e. The number of halogens is 1. The van der Waals surface area contributed by atoms with E-state index in [-0.39, 0.29) is 5.60 Å². The summed E-state index contributed by atoms with van der Waals surface area (Å²) in [6.07, 6.45) is 0. The van der Waals surface area contributed by atoms with E-state index in [0.717, 1.165) is 6.61 Å². The Balaban J connectivity index is 2.65. The fourth-order valence-corrected chi connectivity index (χ4v) is 2.96. The number of rotatable bonds is 0. The number of ether oxygens (including phenoxy) is 1. The van der Waals surface area contributed by atoms with Crippen LogP contribution in [0.2, 0.25) is 0 Å². The lowest BCUT2D eigenvalue weighted by atomic mass is 9.92. The Morgan fingerprint density at radius 3 is 2.77 bits per heavy atom. The Bertz CT molecular complexity index is 355. The Morgan fingerprint density at radius 1 is 1.38 bits per heavy atom. The van der Waals surface area contributed by atoms with Gasteiger partial charge in [-0.3, -0.25) is 0 Å². The number of fused-ring (bicyclic) bond motifs is 1. The molecule has 2 rings (SSSR count). The zero-order valence-electron chi connectivity index (χ0n) is 8.15. The van der Waals surface area contributed by atoms with Gasteiger partial charge in [0.2, 0.25) is 0 Å². The molecule has 0 saturated heterocycles. The van der Waals surface area contributed by atoms with Crippen molar-refractivity contribution >= 4 is 22.6 Å². The van der Waals surface area contributed by atoms with Crippen molar-refractivity contribution in [3.8, 4) is 0 Å². The molecule has 0 spiro atoms. The van der Waals surface area contributed by atoms with E-state index in [1.165, 1.54) is 20.3 Å². The largest absolute Gasteiger partial charge is 0.366 e. The minimum atomic E-state index is -0.0935. The molecule has 0 N–H and O–H groups in total. The highest BCUT2D eigenvalue weighted by molar-refractivity contribution is 14.1. The van der Waals surface area contributed by atoms with Crippen molar-refractivity contribution in [1.82, 2.24) is 0 Å². The molecule has 1 aliphatic heterocycles. The van der Waals surface area contributed by atoms with E-state index in [1.807, 2.05) is 0 Å². The summed E-state index contributed by atoms with van der Waals surface area (Å²) in [5.74, 6) is 0. The summed E-state index contributed by atoms with van der Waals surface area (Å²) in [6, 6.07) is 4.44. The second kappa shape index (κ2) is 2.95. The zero-order valence-corrected chi connectivity index (χ0v) is 10.3. The van der Waals surface area contributed by atoms with Gasteiger partial charge in [-0.05, 0) is 72.2 Å². The van der Waals surface area contributed by atoms with E-state index < -0.39 is 0 Å². The molecule has 0 saturated carbocycles. The van der Waals surface area contributed by atoms with E-state index in [4.69, 9.17) is 4.74 Å². The van der Waals surface area contributed by atoms with E-state index in [2.05, 4.69) is 55.5 Å². The molecule has 0 unspecified atom stereocenters. The van der Waals surface area contributed by atoms with Crippen LogP contribution in [-0.4, -0.2) is 0 Å². The van der Waals surface area contributed by atoms with Gasteiger partial charge in [-0.1, -0.05) is 0 Å². The topological polar surface area (TPSA) is 9.23 Å². The fraction of sp³-hybridized carbons (Fsp3) is 0.455. The van der Waals surface area contributed by atoms with Crippen LogP contribution >= 0.6 is 22.6 Å². The standard InChI is InChI=1S/C11H13IO/c1-7-4-9(12)5-8-6-13-11(2,3)10(7)8/h4-5H,6H2,1-3H3. The summed E-state index contributed by atoms with van der Waals surface area (Å²) in [4.78, 5) is 0. The van der Waals surface area contributed by atoms with E-state index in [0.29, 0.717) is 0 Å². The van der Waals surface area contributed by atoms with Gasteiger partial charge >= 0.3 is 0 Å². The maximum Gasteiger partial charge on any atom is 0.0885 e. The molecule has 1 aromatic rings. The molecule has 1 nitrogen and oxygen atoms in total. The van der Waals surface area contributed by atoms with Gasteiger partial charge in [-0.2, -0.15) is 0 Å². The van der Waals surface area contributed by atoms with Gasteiger partial charge in [0.1, 0.15) is 0 Å². The Kier molecular flexibility index (Phi) is 2.15. The van der Waals surface area contributed by atoms with Crippen molar-refractivity contribution in [3.63, 3.8) is 0 Å². The number of benzene rings is 1. The highest BCUT2D eigenvalue weighted by Crippen LogP contribution is 2.38. The summed E-state index contributed by atoms with van der Waals surface area (Å²) in [6.45, 7) is 7.20. The second-order valence-electron chi connectivity index (χ2n) is 4.06. The first-order valence-electron chi connectivity index (χ1n) is 4.44. The molecule has 0 fully saturated rings. The van der Waals surface area contributed by atoms with Crippen LogP contribution in [0, 0.1) is 10.5 Å². The first-order valence-corrected chi connectivity index (χ1v) is 5.52. The third-order valence-electron chi connectivity index (χ3n) is 2.57. The second-order valence-corrected chi connectivity index (χ2v) is 5.30. The summed E-state index contributed by atoms with van der Waals surface area (Å²) in [7, 11) is 0. The van der Waals surface area contributed by atoms with Gasteiger partial charge in [0.15, 0.2) is 0 Å². The van der Waals surface area contributed by atoms with Gasteiger partial charge in [-0.25, -0.2) is 0 Å². The molecule has 0 amide bonds. The number of hydrogen-bond donors (Lipinski definition) is 0. The number of hydrogen-bond acceptors (Lipinski definition) is 1. The summed E-state index contributed by atoms with van der Waals surface area (Å²) >= 11 is 2.36. The lowest BCUT2D eigenvalue weighted by Crippen LogP contribution is -2.16. The molecular weight excluding hydrogens is 275 g/mol. The van der Waals surface area contributed by atoms with E-state index in [1.54, 1.807) is 0 Å². The summed E-state index contributed by atoms with van der Waals surface area (Å²) in [5.41, 5.74) is 4.00. The van der Waals surface area contributed by atoms with Crippen LogP contribution in [0.5, 0.6) is 0 Å². The van der Waals surface area contributed by atoms with Gasteiger partial charge < -0.3 is 4.74 Å². The van der Waals surface area contributed by atoms with Gasteiger partial charge in [0.25, 0.3) is 0 Å². The third kappa shape index (κ3) is 1.50. The fourth-order valence-electron chi connectivity index (χ4n) is 2.12. The quantitative estimate of drug-likeness (QED) is 0.665. The minimum Gasteiger partial charge on any atom is -0.366 e. The average Bonchev–Trinajstić information content (AvgIpc) is 2.26. The van der Waals surface area contributed by atoms with Crippen LogP contribution in [0.25, 0.3) is 0 Å². The molecule has 0 aromatic heterocycles. The van der Waals surface area contributed by atoms with Crippen LogP contribution in [-0.2, 0) is 16.9 Å². The Hall–Kier alpha value is -0.0900. The molecule has 0 atom stereocenters. The van der Waals surface area contributed by atoms with E-state index >= 15 is 0 Å². The van der Waals surface area contributed by atoms with Crippen LogP contribution in [0.1, 0.15) is 30.5 Å². The van der Waals surface area contributed by atoms with Gasteiger partial charge in [0.05, 0.1) is 12.2 Å². The van der Waals surface area contributed by atoms with Crippen LogP contribution in [0.4, 0.5) is 0 Å². The summed E-state index contributed by atoms with van der Waals surface area (Å²) in [5, 5.41) is 0. The lowest BCUT2D eigenvalue weighted by molar-refractivity contribution is -0.00818. The van der Waals surface area contributed by atoms with E-state index in [9.17, 15) is 0 Å². The minimum absolute atomic E-state index is 0.0935. The molecular formula is C11H13IO. The molecule has 2 heteroatoms. The normalized spacial score (nSPS) is 18.8. The zero-order chi connectivity index (χ0) is 9.64. The number of aryl methyl sites for hydroxylation is 1. The van der Waals surface area contributed by atoms with Crippen molar-refractivity contribution in [2.75, 3.05) is 0 Å². The maximum atomic E-state index is 5.74. The van der Waals surface area contributed by atoms with Crippen LogP contribution < -0.4 is 0 Å². The van der Waals surface area contributed by atoms with Crippen LogP contribution in [0.15, 0.2) is 12.1 Å². The first-order chi connectivity index (χ1) is 6.00. The summed E-state index contributed by atoms with van der Waals surface area (Å²) < 4.78 is 7.04. The molecule has 0 aliphatic carbocycles. The highest BCUT2D eigenvalue weighted by atomic mass is 127. The maximum absolute atomic E-state index is 5.74. The monoisotopic (exact) mass is 288 g/mol. The van der Waals surface area contributed by atoms with Crippen LogP contribution in [0.3, 0.4) is 0 Å². The average molecular weight is 288 g/mol. The Labute approximate surface area is 92.6 Å². The predicted molar refractivity (Wildman–Crippen MR) is 61.7 cm³/mol. The van der Waals surface area contributed by atoms with Crippen molar-refractivity contribution in [1.29, 1.82) is 0 Å². The van der Waals surface area contributed by atoms with Crippen molar-refractivity contribution in [2.45, 2.75) is 33.0 Å². The van der Waals surface area contributed by atoms with Gasteiger partial charge in [-0.15, -0.1) is 0 Å². The molecule has 13 heavy (non-hydrogen) atoms. The first kappa shape index (κ1) is 9.46. The highest BCUT2D eigenvalue weighted by Gasteiger charge is 2.32. The van der Waals surface area contributed by atoms with Gasteiger partial charge in [0, 0.05) is 3.57 Å². The molecule has 1 aromatic carbocycles. The van der Waals surface area contributed by atoms with Crippen molar-refractivity contribution in [2.24, 2.45) is 0 Å². The molecule has 0 radical (unpaired) electrons. The Morgan fingerprint density at radius 2 is 2.08 bits per heavy atom. The predicted octanol–water partition coefficient (Wildman–Crippen LogP) is 3.36. The molecule has 1 heterocycles. The van der Waals surface area contributed by atoms with Crippen molar-refractivity contribution in [3.05, 3.63) is 32.4 Å². The molecule has 70 valence electrons. The van der Waals surface area contributed by atoms with Crippen molar-refractivity contribution < 1.29 is 4.74 Å².